The Bertz CT molecular complexity index is 545. The monoisotopic (exact) mass is 245 g/mol. The molecule has 0 saturated heterocycles. The van der Waals surface area contributed by atoms with E-state index in [1.165, 1.54) is 0 Å². The van der Waals surface area contributed by atoms with Gasteiger partial charge in [0.25, 0.3) is 5.91 Å². The number of rotatable bonds is 4. The van der Waals surface area contributed by atoms with E-state index < -0.39 is 0 Å². The predicted molar refractivity (Wildman–Crippen MR) is 73.4 cm³/mol. The van der Waals surface area contributed by atoms with Crippen LogP contribution in [0.2, 0.25) is 0 Å². The molecule has 0 aliphatic carbocycles. The standard InChI is InChI=1S/C14H19N3O/c1-9(2)13(8-15)17-14(18)11-3-4-12-10(7-11)5-6-16-12/h3-7,9,13,16H,8,15H2,1-2H3,(H,17,18). The molecule has 0 aliphatic rings. The van der Waals surface area contributed by atoms with Crippen molar-refractivity contribution in [2.24, 2.45) is 11.7 Å². The number of aromatic amines is 1. The third-order valence-corrected chi connectivity index (χ3v) is 3.19. The van der Waals surface area contributed by atoms with E-state index in [0.717, 1.165) is 10.9 Å². The molecule has 4 nitrogen and oxygen atoms in total. The van der Waals surface area contributed by atoms with Crippen LogP contribution in [0.25, 0.3) is 10.9 Å². The van der Waals surface area contributed by atoms with Gasteiger partial charge in [-0.05, 0) is 30.2 Å². The highest BCUT2D eigenvalue weighted by atomic mass is 16.1. The maximum atomic E-state index is 12.1. The van der Waals surface area contributed by atoms with Crippen molar-refractivity contribution in [3.8, 4) is 0 Å². The summed E-state index contributed by atoms with van der Waals surface area (Å²) in [6.07, 6.45) is 1.86. The van der Waals surface area contributed by atoms with Gasteiger partial charge in [0.15, 0.2) is 0 Å². The molecule has 0 radical (unpaired) electrons. The molecule has 1 amide bonds. The van der Waals surface area contributed by atoms with Gasteiger partial charge in [0.05, 0.1) is 0 Å². The van der Waals surface area contributed by atoms with Crippen LogP contribution in [0.5, 0.6) is 0 Å². The molecule has 1 unspecified atom stereocenters. The van der Waals surface area contributed by atoms with Crippen LogP contribution < -0.4 is 11.1 Å². The van der Waals surface area contributed by atoms with E-state index in [2.05, 4.69) is 10.3 Å². The third-order valence-electron chi connectivity index (χ3n) is 3.19. The molecule has 0 spiro atoms. The molecule has 4 N–H and O–H groups in total. The number of aromatic nitrogens is 1. The van der Waals surface area contributed by atoms with Crippen LogP contribution in [-0.4, -0.2) is 23.5 Å². The third kappa shape index (κ3) is 2.54. The first-order valence-electron chi connectivity index (χ1n) is 6.20. The van der Waals surface area contributed by atoms with Crippen LogP contribution in [0.1, 0.15) is 24.2 Å². The number of amides is 1. The highest BCUT2D eigenvalue weighted by molar-refractivity contribution is 5.98. The van der Waals surface area contributed by atoms with Crippen molar-refractivity contribution in [1.82, 2.24) is 10.3 Å². The van der Waals surface area contributed by atoms with Gasteiger partial charge < -0.3 is 16.0 Å². The fourth-order valence-corrected chi connectivity index (χ4v) is 1.94. The Morgan fingerprint density at radius 3 is 2.83 bits per heavy atom. The number of carbonyl (C=O) groups excluding carboxylic acids is 1. The van der Waals surface area contributed by atoms with Gasteiger partial charge >= 0.3 is 0 Å². The molecule has 1 heterocycles. The molecule has 1 aromatic carbocycles. The van der Waals surface area contributed by atoms with E-state index in [1.807, 2.05) is 44.3 Å². The lowest BCUT2D eigenvalue weighted by Crippen LogP contribution is -2.43. The molecule has 1 atom stereocenters. The van der Waals surface area contributed by atoms with E-state index in [-0.39, 0.29) is 11.9 Å². The van der Waals surface area contributed by atoms with Crippen molar-refractivity contribution in [2.75, 3.05) is 6.54 Å². The molecular formula is C14H19N3O. The maximum Gasteiger partial charge on any atom is 0.251 e. The van der Waals surface area contributed by atoms with Gasteiger partial charge in [-0.2, -0.15) is 0 Å². The summed E-state index contributed by atoms with van der Waals surface area (Å²) in [7, 11) is 0. The Morgan fingerprint density at radius 1 is 1.39 bits per heavy atom. The zero-order valence-electron chi connectivity index (χ0n) is 10.7. The minimum Gasteiger partial charge on any atom is -0.361 e. The Balaban J connectivity index is 2.17. The fraction of sp³-hybridized carbons (Fsp3) is 0.357. The summed E-state index contributed by atoms with van der Waals surface area (Å²) in [5, 5.41) is 4.00. The maximum absolute atomic E-state index is 12.1. The second-order valence-corrected chi connectivity index (χ2v) is 4.84. The molecule has 1 aromatic heterocycles. The minimum absolute atomic E-state index is 0.0134. The topological polar surface area (TPSA) is 70.9 Å². The zero-order valence-corrected chi connectivity index (χ0v) is 10.7. The lowest BCUT2D eigenvalue weighted by atomic mass is 10.0. The van der Waals surface area contributed by atoms with Crippen LogP contribution in [0.4, 0.5) is 0 Å². The van der Waals surface area contributed by atoms with Gasteiger partial charge in [-0.1, -0.05) is 13.8 Å². The second kappa shape index (κ2) is 5.23. The van der Waals surface area contributed by atoms with Gasteiger partial charge in [0.1, 0.15) is 0 Å². The van der Waals surface area contributed by atoms with Crippen molar-refractivity contribution in [1.29, 1.82) is 0 Å². The van der Waals surface area contributed by atoms with Gasteiger partial charge in [0.2, 0.25) is 0 Å². The number of nitrogens with two attached hydrogens (primary N) is 1. The van der Waals surface area contributed by atoms with Crippen LogP contribution in [0.15, 0.2) is 30.5 Å². The molecule has 0 bridgehead atoms. The number of carbonyl (C=O) groups is 1. The normalized spacial score (nSPS) is 12.9. The molecule has 4 heteroatoms. The van der Waals surface area contributed by atoms with Crippen LogP contribution in [-0.2, 0) is 0 Å². The number of benzene rings is 1. The molecular weight excluding hydrogens is 226 g/mol. The van der Waals surface area contributed by atoms with Gasteiger partial charge in [-0.15, -0.1) is 0 Å². The fourth-order valence-electron chi connectivity index (χ4n) is 1.94. The molecule has 2 aromatic rings. The second-order valence-electron chi connectivity index (χ2n) is 4.84. The number of hydrogen-bond acceptors (Lipinski definition) is 2. The SMILES string of the molecule is CC(C)C(CN)NC(=O)c1ccc2[nH]ccc2c1. The lowest BCUT2D eigenvalue weighted by molar-refractivity contribution is 0.0928. The first-order chi connectivity index (χ1) is 8.61. The summed E-state index contributed by atoms with van der Waals surface area (Å²) < 4.78 is 0. The quantitative estimate of drug-likeness (QED) is 0.769. The Kier molecular flexibility index (Phi) is 3.67. The Hall–Kier alpha value is -1.81. The van der Waals surface area contributed by atoms with Crippen molar-refractivity contribution in [2.45, 2.75) is 19.9 Å². The zero-order chi connectivity index (χ0) is 13.1. The molecule has 0 saturated carbocycles. The summed E-state index contributed by atoms with van der Waals surface area (Å²) in [6, 6.07) is 7.59. The molecule has 0 fully saturated rings. The van der Waals surface area contributed by atoms with E-state index in [9.17, 15) is 4.79 Å². The van der Waals surface area contributed by atoms with Crippen LogP contribution >= 0.6 is 0 Å². The van der Waals surface area contributed by atoms with Gasteiger partial charge in [-0.3, -0.25) is 4.79 Å². The van der Waals surface area contributed by atoms with Crippen LogP contribution in [0, 0.1) is 5.92 Å². The summed E-state index contributed by atoms with van der Waals surface area (Å²) >= 11 is 0. The molecule has 18 heavy (non-hydrogen) atoms. The molecule has 0 aliphatic heterocycles. The van der Waals surface area contributed by atoms with E-state index in [0.29, 0.717) is 18.0 Å². The Morgan fingerprint density at radius 2 is 2.17 bits per heavy atom. The number of H-pyrrole nitrogens is 1. The van der Waals surface area contributed by atoms with Crippen molar-refractivity contribution >= 4 is 16.8 Å². The highest BCUT2D eigenvalue weighted by Crippen LogP contribution is 2.14. The first-order valence-corrected chi connectivity index (χ1v) is 6.20. The van der Waals surface area contributed by atoms with E-state index in [4.69, 9.17) is 5.73 Å². The number of nitrogens with one attached hydrogen (secondary N) is 2. The van der Waals surface area contributed by atoms with Crippen LogP contribution in [0.3, 0.4) is 0 Å². The lowest BCUT2D eigenvalue weighted by Gasteiger charge is -2.20. The smallest absolute Gasteiger partial charge is 0.251 e. The predicted octanol–water partition coefficient (Wildman–Crippen LogP) is 1.88. The molecule has 2 rings (SSSR count). The van der Waals surface area contributed by atoms with Crippen molar-refractivity contribution in [3.63, 3.8) is 0 Å². The largest absolute Gasteiger partial charge is 0.361 e. The van der Waals surface area contributed by atoms with Crippen molar-refractivity contribution in [3.05, 3.63) is 36.0 Å². The van der Waals surface area contributed by atoms with E-state index >= 15 is 0 Å². The molecule has 96 valence electrons. The minimum atomic E-state index is -0.0674. The summed E-state index contributed by atoms with van der Waals surface area (Å²) in [4.78, 5) is 15.2. The van der Waals surface area contributed by atoms with Crippen molar-refractivity contribution < 1.29 is 4.79 Å². The van der Waals surface area contributed by atoms with Gasteiger partial charge in [0, 0.05) is 35.2 Å². The summed E-state index contributed by atoms with van der Waals surface area (Å²) in [5.41, 5.74) is 7.36. The van der Waals surface area contributed by atoms with E-state index in [1.54, 1.807) is 0 Å². The first kappa shape index (κ1) is 12.6. The average Bonchev–Trinajstić information content (AvgIpc) is 2.82. The number of hydrogen-bond donors (Lipinski definition) is 3. The van der Waals surface area contributed by atoms with Gasteiger partial charge in [-0.25, -0.2) is 0 Å². The Labute approximate surface area is 107 Å². The summed E-state index contributed by atoms with van der Waals surface area (Å²) in [5.74, 6) is 0.261. The number of fused-ring (bicyclic) bond motifs is 1. The summed E-state index contributed by atoms with van der Waals surface area (Å²) in [6.45, 7) is 4.55. The highest BCUT2D eigenvalue weighted by Gasteiger charge is 2.15. The average molecular weight is 245 g/mol.